The summed E-state index contributed by atoms with van der Waals surface area (Å²) in [4.78, 5) is 29.0. The molecule has 0 radical (unpaired) electrons. The smallest absolute Gasteiger partial charge is 0.250 e. The van der Waals surface area contributed by atoms with E-state index in [2.05, 4.69) is 4.98 Å². The average molecular weight is 360 g/mol. The molecule has 0 fully saturated rings. The molecule has 134 valence electrons. The zero-order valence-electron chi connectivity index (χ0n) is 14.5. The van der Waals surface area contributed by atoms with E-state index in [9.17, 15) is 14.7 Å². The van der Waals surface area contributed by atoms with Crippen LogP contribution >= 0.6 is 0 Å². The second-order valence-electron chi connectivity index (χ2n) is 6.36. The maximum Gasteiger partial charge on any atom is 0.250 e. The Morgan fingerprint density at radius 1 is 1.11 bits per heavy atom. The Labute approximate surface area is 154 Å². The second-order valence-corrected chi connectivity index (χ2v) is 6.36. The lowest BCUT2D eigenvalue weighted by molar-refractivity contribution is 0.103. The van der Waals surface area contributed by atoms with Gasteiger partial charge in [0.2, 0.25) is 0 Å². The number of carbonyl (C=O) groups is 1. The van der Waals surface area contributed by atoms with Crippen molar-refractivity contribution in [3.63, 3.8) is 0 Å². The number of fused-ring (bicyclic) bond motifs is 1. The molecule has 0 spiro atoms. The highest BCUT2D eigenvalue weighted by atomic mass is 16.3. The summed E-state index contributed by atoms with van der Waals surface area (Å²) in [7, 11) is 0. The minimum absolute atomic E-state index is 0.108. The lowest BCUT2D eigenvalue weighted by Crippen LogP contribution is -2.21. The van der Waals surface area contributed by atoms with Gasteiger partial charge in [-0.1, -0.05) is 29.8 Å². The Hall–Kier alpha value is -3.67. The maximum absolute atomic E-state index is 12.9. The summed E-state index contributed by atoms with van der Waals surface area (Å²) in [5.41, 5.74) is 2.93. The molecule has 4 rings (SSSR count). The summed E-state index contributed by atoms with van der Waals surface area (Å²) in [6, 6.07) is 13.7. The highest BCUT2D eigenvalue weighted by molar-refractivity contribution is 6.12. The Kier molecular flexibility index (Phi) is 4.08. The standard InChI is InChI=1S/C21H16N2O4/c1-13-2-4-14(5-3-13)10-23-11-15(6-9-18(23)24)20(25)16-7-8-17-19(21(16)26)22-12-27-17/h2-9,11-12,26H,10H2,1H3. The van der Waals surface area contributed by atoms with Gasteiger partial charge in [-0.25, -0.2) is 4.98 Å². The molecule has 1 N–H and O–H groups in total. The van der Waals surface area contributed by atoms with Gasteiger partial charge in [0.25, 0.3) is 5.56 Å². The van der Waals surface area contributed by atoms with Crippen LogP contribution in [-0.2, 0) is 6.54 Å². The van der Waals surface area contributed by atoms with Crippen LogP contribution in [0.4, 0.5) is 0 Å². The SMILES string of the molecule is Cc1ccc(Cn2cc(C(=O)c3ccc4ocnc4c3O)ccc2=O)cc1. The summed E-state index contributed by atoms with van der Waals surface area (Å²) in [5, 5.41) is 10.3. The summed E-state index contributed by atoms with van der Waals surface area (Å²) >= 11 is 0. The van der Waals surface area contributed by atoms with Crippen molar-refractivity contribution in [1.29, 1.82) is 0 Å². The van der Waals surface area contributed by atoms with Crippen LogP contribution in [0.1, 0.15) is 27.0 Å². The van der Waals surface area contributed by atoms with Crippen LogP contribution in [0, 0.1) is 6.92 Å². The third kappa shape index (κ3) is 3.13. The minimum Gasteiger partial charge on any atom is -0.505 e. The number of ketones is 1. The van der Waals surface area contributed by atoms with E-state index < -0.39 is 5.78 Å². The van der Waals surface area contributed by atoms with E-state index in [1.165, 1.54) is 35.4 Å². The highest BCUT2D eigenvalue weighted by Crippen LogP contribution is 2.29. The quantitative estimate of drug-likeness (QED) is 0.565. The van der Waals surface area contributed by atoms with Gasteiger partial charge in [-0.05, 0) is 30.7 Å². The number of pyridine rings is 1. The Bertz CT molecular complexity index is 1200. The van der Waals surface area contributed by atoms with Crippen LogP contribution in [0.2, 0.25) is 0 Å². The number of carbonyl (C=O) groups excluding carboxylic acids is 1. The maximum atomic E-state index is 12.9. The number of nitrogens with zero attached hydrogens (tertiary/aromatic N) is 2. The monoisotopic (exact) mass is 360 g/mol. The molecule has 0 aliphatic carbocycles. The normalized spacial score (nSPS) is 11.0. The molecule has 0 saturated heterocycles. The van der Waals surface area contributed by atoms with Gasteiger partial charge in [-0.15, -0.1) is 0 Å². The number of hydrogen-bond acceptors (Lipinski definition) is 5. The van der Waals surface area contributed by atoms with E-state index in [0.717, 1.165) is 11.1 Å². The summed E-state index contributed by atoms with van der Waals surface area (Å²) < 4.78 is 6.60. The number of hydrogen-bond donors (Lipinski definition) is 1. The Morgan fingerprint density at radius 3 is 2.67 bits per heavy atom. The van der Waals surface area contributed by atoms with E-state index in [1.807, 2.05) is 31.2 Å². The van der Waals surface area contributed by atoms with Crippen molar-refractivity contribution in [2.45, 2.75) is 13.5 Å². The van der Waals surface area contributed by atoms with Gasteiger partial charge in [0.05, 0.1) is 12.1 Å². The van der Waals surface area contributed by atoms with E-state index in [-0.39, 0.29) is 22.4 Å². The molecule has 27 heavy (non-hydrogen) atoms. The van der Waals surface area contributed by atoms with Crippen LogP contribution < -0.4 is 5.56 Å². The fourth-order valence-corrected chi connectivity index (χ4v) is 2.93. The summed E-state index contributed by atoms with van der Waals surface area (Å²) in [6.07, 6.45) is 2.72. The molecule has 4 aromatic rings. The number of phenolic OH excluding ortho intramolecular Hbond substituents is 1. The van der Waals surface area contributed by atoms with Crippen molar-refractivity contribution in [2.75, 3.05) is 0 Å². The molecule has 2 heterocycles. The molecule has 6 heteroatoms. The first-order valence-electron chi connectivity index (χ1n) is 8.39. The molecule has 2 aromatic heterocycles. The van der Waals surface area contributed by atoms with E-state index >= 15 is 0 Å². The lowest BCUT2D eigenvalue weighted by Gasteiger charge is -2.09. The number of phenols is 1. The van der Waals surface area contributed by atoms with Gasteiger partial charge in [0.15, 0.2) is 29.0 Å². The highest BCUT2D eigenvalue weighted by Gasteiger charge is 2.18. The molecule has 0 amide bonds. The van der Waals surface area contributed by atoms with Gasteiger partial charge in [0.1, 0.15) is 0 Å². The Balaban J connectivity index is 1.71. The van der Waals surface area contributed by atoms with Crippen molar-refractivity contribution < 1.29 is 14.3 Å². The molecule has 0 aliphatic rings. The first-order valence-corrected chi connectivity index (χ1v) is 8.39. The molecule has 2 aromatic carbocycles. The number of aromatic hydroxyl groups is 1. The van der Waals surface area contributed by atoms with Gasteiger partial charge >= 0.3 is 0 Å². The van der Waals surface area contributed by atoms with Crippen molar-refractivity contribution in [3.8, 4) is 5.75 Å². The molecule has 0 aliphatic heterocycles. The van der Waals surface area contributed by atoms with Gasteiger partial charge in [-0.3, -0.25) is 9.59 Å². The first-order chi connectivity index (χ1) is 13.0. The third-order valence-corrected chi connectivity index (χ3v) is 4.44. The van der Waals surface area contributed by atoms with E-state index in [1.54, 1.807) is 6.07 Å². The van der Waals surface area contributed by atoms with Crippen LogP contribution in [0.3, 0.4) is 0 Å². The number of aryl methyl sites for hydroxylation is 1. The van der Waals surface area contributed by atoms with Crippen molar-refractivity contribution in [2.24, 2.45) is 0 Å². The van der Waals surface area contributed by atoms with Crippen LogP contribution in [0.25, 0.3) is 11.1 Å². The van der Waals surface area contributed by atoms with Crippen LogP contribution in [0.15, 0.2) is 70.3 Å². The topological polar surface area (TPSA) is 85.3 Å². The van der Waals surface area contributed by atoms with Gasteiger partial charge in [-0.2, -0.15) is 0 Å². The van der Waals surface area contributed by atoms with Gasteiger partial charge in [0, 0.05) is 17.8 Å². The van der Waals surface area contributed by atoms with Crippen LogP contribution in [-0.4, -0.2) is 20.4 Å². The van der Waals surface area contributed by atoms with Crippen molar-refractivity contribution in [3.05, 3.63) is 93.7 Å². The number of rotatable bonds is 4. The second kappa shape index (κ2) is 6.57. The zero-order valence-corrected chi connectivity index (χ0v) is 14.5. The number of benzene rings is 2. The zero-order chi connectivity index (χ0) is 19.0. The average Bonchev–Trinajstić information content (AvgIpc) is 3.15. The summed E-state index contributed by atoms with van der Waals surface area (Å²) in [6.45, 7) is 2.35. The first kappa shape index (κ1) is 16.8. The molecule has 0 saturated carbocycles. The molecule has 0 atom stereocenters. The predicted octanol–water partition coefficient (Wildman–Crippen LogP) is 3.28. The molecule has 6 nitrogen and oxygen atoms in total. The fourth-order valence-electron chi connectivity index (χ4n) is 2.93. The third-order valence-electron chi connectivity index (χ3n) is 4.44. The van der Waals surface area contributed by atoms with E-state index in [4.69, 9.17) is 4.42 Å². The van der Waals surface area contributed by atoms with Crippen molar-refractivity contribution >= 4 is 16.9 Å². The molecule has 0 bridgehead atoms. The predicted molar refractivity (Wildman–Crippen MR) is 100 cm³/mol. The molecule has 0 unspecified atom stereocenters. The summed E-state index contributed by atoms with van der Waals surface area (Å²) in [5.74, 6) is -0.627. The van der Waals surface area contributed by atoms with Gasteiger partial charge < -0.3 is 14.1 Å². The van der Waals surface area contributed by atoms with Crippen LogP contribution in [0.5, 0.6) is 5.75 Å². The molecular formula is C21H16N2O4. The van der Waals surface area contributed by atoms with Crippen molar-refractivity contribution in [1.82, 2.24) is 9.55 Å². The lowest BCUT2D eigenvalue weighted by atomic mass is 10.0. The largest absolute Gasteiger partial charge is 0.505 e. The molecular weight excluding hydrogens is 344 g/mol. The Morgan fingerprint density at radius 2 is 1.89 bits per heavy atom. The minimum atomic E-state index is -0.393. The van der Waals surface area contributed by atoms with E-state index in [0.29, 0.717) is 17.7 Å². The number of oxazole rings is 1. The number of aromatic nitrogens is 2. The fraction of sp³-hybridized carbons (Fsp3) is 0.0952.